The highest BCUT2D eigenvalue weighted by molar-refractivity contribution is 5.37. The van der Waals surface area contributed by atoms with Gasteiger partial charge in [0.2, 0.25) is 0 Å². The van der Waals surface area contributed by atoms with Gasteiger partial charge in [0, 0.05) is 25.2 Å². The summed E-state index contributed by atoms with van der Waals surface area (Å²) in [6.45, 7) is 3.67. The number of nitrogens with one attached hydrogen (secondary N) is 2. The minimum atomic E-state index is 0.238. The number of benzene rings is 1. The van der Waals surface area contributed by atoms with E-state index in [2.05, 4.69) is 27.4 Å². The van der Waals surface area contributed by atoms with Crippen molar-refractivity contribution in [1.29, 1.82) is 0 Å². The van der Waals surface area contributed by atoms with Gasteiger partial charge in [0.1, 0.15) is 11.9 Å². The van der Waals surface area contributed by atoms with E-state index >= 15 is 0 Å². The summed E-state index contributed by atoms with van der Waals surface area (Å²) in [7, 11) is 0. The van der Waals surface area contributed by atoms with E-state index in [0.29, 0.717) is 0 Å². The van der Waals surface area contributed by atoms with Crippen molar-refractivity contribution in [2.45, 2.75) is 26.0 Å². The van der Waals surface area contributed by atoms with Crippen molar-refractivity contribution in [2.24, 2.45) is 0 Å². The molecule has 0 saturated heterocycles. The number of imidazole rings is 1. The van der Waals surface area contributed by atoms with Crippen LogP contribution in [0.2, 0.25) is 0 Å². The second-order valence-corrected chi connectivity index (χ2v) is 4.66. The normalized spacial score (nSPS) is 17.5. The van der Waals surface area contributed by atoms with Gasteiger partial charge in [-0.2, -0.15) is 0 Å². The van der Waals surface area contributed by atoms with Crippen molar-refractivity contribution in [3.8, 4) is 5.75 Å². The second-order valence-electron chi connectivity index (χ2n) is 4.66. The van der Waals surface area contributed by atoms with Crippen LogP contribution in [0.25, 0.3) is 0 Å². The highest BCUT2D eigenvalue weighted by atomic mass is 16.5. The zero-order valence-electron chi connectivity index (χ0n) is 10.4. The van der Waals surface area contributed by atoms with Gasteiger partial charge in [0.15, 0.2) is 0 Å². The van der Waals surface area contributed by atoms with Gasteiger partial charge in [-0.25, -0.2) is 4.98 Å². The lowest BCUT2D eigenvalue weighted by Gasteiger charge is -2.11. The SMILES string of the molecule is Cc1[nH]cnc1CNCC1Cc2ccccc2O1. The number of aromatic amines is 1. The van der Waals surface area contributed by atoms with Crippen LogP contribution in [0.5, 0.6) is 5.75 Å². The molecule has 2 aromatic rings. The van der Waals surface area contributed by atoms with Crippen LogP contribution in [0.4, 0.5) is 0 Å². The van der Waals surface area contributed by atoms with E-state index in [0.717, 1.165) is 36.6 Å². The molecule has 94 valence electrons. The van der Waals surface area contributed by atoms with Crippen LogP contribution in [0.1, 0.15) is 17.0 Å². The van der Waals surface area contributed by atoms with Crippen molar-refractivity contribution in [3.05, 3.63) is 47.5 Å². The first kappa shape index (κ1) is 11.3. The van der Waals surface area contributed by atoms with Gasteiger partial charge >= 0.3 is 0 Å². The molecule has 0 aliphatic carbocycles. The standard InChI is InChI=1S/C14H17N3O/c1-10-13(17-9-16-10)8-15-7-12-6-11-4-2-3-5-14(11)18-12/h2-5,9,12,15H,6-8H2,1H3,(H,16,17). The van der Waals surface area contributed by atoms with Crippen molar-refractivity contribution >= 4 is 0 Å². The summed E-state index contributed by atoms with van der Waals surface area (Å²) in [4.78, 5) is 7.34. The molecular weight excluding hydrogens is 226 g/mol. The largest absolute Gasteiger partial charge is 0.488 e. The monoisotopic (exact) mass is 243 g/mol. The molecule has 0 saturated carbocycles. The third-order valence-electron chi connectivity index (χ3n) is 3.31. The Labute approximate surface area is 106 Å². The van der Waals surface area contributed by atoms with Gasteiger partial charge in [0.25, 0.3) is 0 Å². The summed E-state index contributed by atoms with van der Waals surface area (Å²) in [6, 6.07) is 8.24. The van der Waals surface area contributed by atoms with E-state index < -0.39 is 0 Å². The highest BCUT2D eigenvalue weighted by Crippen LogP contribution is 2.27. The lowest BCUT2D eigenvalue weighted by atomic mass is 10.1. The Morgan fingerprint density at radius 1 is 1.44 bits per heavy atom. The van der Waals surface area contributed by atoms with E-state index in [1.807, 2.05) is 19.1 Å². The van der Waals surface area contributed by atoms with Crippen LogP contribution in [0, 0.1) is 6.92 Å². The van der Waals surface area contributed by atoms with Gasteiger partial charge in [-0.05, 0) is 18.6 Å². The van der Waals surface area contributed by atoms with Crippen LogP contribution in [0.3, 0.4) is 0 Å². The Balaban J connectivity index is 1.50. The molecule has 0 radical (unpaired) electrons. The zero-order valence-corrected chi connectivity index (χ0v) is 10.4. The molecule has 2 N–H and O–H groups in total. The van der Waals surface area contributed by atoms with Crippen LogP contribution >= 0.6 is 0 Å². The van der Waals surface area contributed by atoms with E-state index in [9.17, 15) is 0 Å². The topological polar surface area (TPSA) is 49.9 Å². The Kier molecular flexibility index (Phi) is 3.02. The molecule has 4 heteroatoms. The number of fused-ring (bicyclic) bond motifs is 1. The molecule has 18 heavy (non-hydrogen) atoms. The summed E-state index contributed by atoms with van der Waals surface area (Å²) in [6.07, 6.45) is 2.96. The molecular formula is C14H17N3O. The molecule has 0 fully saturated rings. The predicted molar refractivity (Wildman–Crippen MR) is 69.6 cm³/mol. The van der Waals surface area contributed by atoms with Crippen LogP contribution < -0.4 is 10.1 Å². The third kappa shape index (κ3) is 2.24. The first-order chi connectivity index (χ1) is 8.83. The number of nitrogens with zero attached hydrogens (tertiary/aromatic N) is 1. The van der Waals surface area contributed by atoms with Gasteiger partial charge in [0.05, 0.1) is 12.0 Å². The van der Waals surface area contributed by atoms with Crippen molar-refractivity contribution < 1.29 is 4.74 Å². The minimum absolute atomic E-state index is 0.238. The molecule has 1 aromatic heterocycles. The number of hydrogen-bond donors (Lipinski definition) is 2. The Morgan fingerprint density at radius 3 is 3.11 bits per heavy atom. The highest BCUT2D eigenvalue weighted by Gasteiger charge is 2.21. The van der Waals surface area contributed by atoms with E-state index in [1.165, 1.54) is 5.56 Å². The number of para-hydroxylation sites is 1. The minimum Gasteiger partial charge on any atom is -0.488 e. The molecule has 1 unspecified atom stereocenters. The molecule has 1 atom stereocenters. The summed E-state index contributed by atoms with van der Waals surface area (Å²) in [5, 5.41) is 3.40. The molecule has 4 nitrogen and oxygen atoms in total. The Bertz CT molecular complexity index is 510. The molecule has 2 heterocycles. The third-order valence-corrected chi connectivity index (χ3v) is 3.31. The van der Waals surface area contributed by atoms with Gasteiger partial charge in [-0.3, -0.25) is 0 Å². The van der Waals surface area contributed by atoms with E-state index in [1.54, 1.807) is 6.33 Å². The maximum absolute atomic E-state index is 5.87. The molecule has 1 aliphatic rings. The van der Waals surface area contributed by atoms with E-state index in [4.69, 9.17) is 4.74 Å². The number of ether oxygens (including phenoxy) is 1. The maximum atomic E-state index is 5.87. The Hall–Kier alpha value is -1.81. The smallest absolute Gasteiger partial charge is 0.123 e. The zero-order chi connectivity index (χ0) is 12.4. The summed E-state index contributed by atoms with van der Waals surface area (Å²) in [5.74, 6) is 1.03. The van der Waals surface area contributed by atoms with E-state index in [-0.39, 0.29) is 6.10 Å². The average Bonchev–Trinajstić information content (AvgIpc) is 2.96. The lowest BCUT2D eigenvalue weighted by Crippen LogP contribution is -2.30. The molecule has 1 aliphatic heterocycles. The number of hydrogen-bond acceptors (Lipinski definition) is 3. The molecule has 3 rings (SSSR count). The second kappa shape index (κ2) is 4.82. The summed E-state index contributed by atoms with van der Waals surface area (Å²) in [5.41, 5.74) is 3.50. The first-order valence-electron chi connectivity index (χ1n) is 6.27. The Morgan fingerprint density at radius 2 is 2.33 bits per heavy atom. The number of rotatable bonds is 4. The van der Waals surface area contributed by atoms with Crippen LogP contribution in [-0.4, -0.2) is 22.6 Å². The van der Waals surface area contributed by atoms with Crippen LogP contribution in [0.15, 0.2) is 30.6 Å². The summed E-state index contributed by atoms with van der Waals surface area (Å²) >= 11 is 0. The molecule has 1 aromatic carbocycles. The lowest BCUT2D eigenvalue weighted by molar-refractivity contribution is 0.227. The van der Waals surface area contributed by atoms with Crippen molar-refractivity contribution in [1.82, 2.24) is 15.3 Å². The van der Waals surface area contributed by atoms with Crippen LogP contribution in [-0.2, 0) is 13.0 Å². The predicted octanol–water partition coefficient (Wildman–Crippen LogP) is 1.81. The van der Waals surface area contributed by atoms with Crippen molar-refractivity contribution in [3.63, 3.8) is 0 Å². The van der Waals surface area contributed by atoms with Gasteiger partial charge in [-0.15, -0.1) is 0 Å². The number of aryl methyl sites for hydroxylation is 1. The number of aromatic nitrogens is 2. The van der Waals surface area contributed by atoms with Crippen molar-refractivity contribution in [2.75, 3.05) is 6.54 Å². The summed E-state index contributed by atoms with van der Waals surface area (Å²) < 4.78 is 5.87. The molecule has 0 spiro atoms. The fourth-order valence-electron chi connectivity index (χ4n) is 2.28. The molecule has 0 bridgehead atoms. The quantitative estimate of drug-likeness (QED) is 0.861. The van der Waals surface area contributed by atoms with Gasteiger partial charge < -0.3 is 15.0 Å². The maximum Gasteiger partial charge on any atom is 0.123 e. The fourth-order valence-corrected chi connectivity index (χ4v) is 2.28. The fraction of sp³-hybridized carbons (Fsp3) is 0.357. The number of H-pyrrole nitrogens is 1. The van der Waals surface area contributed by atoms with Gasteiger partial charge in [-0.1, -0.05) is 18.2 Å². The first-order valence-corrected chi connectivity index (χ1v) is 6.27. The average molecular weight is 243 g/mol. The molecule has 0 amide bonds.